The van der Waals surface area contributed by atoms with Gasteiger partial charge in [-0.25, -0.2) is 0 Å². The van der Waals surface area contributed by atoms with E-state index in [2.05, 4.69) is 11.6 Å². The van der Waals surface area contributed by atoms with Gasteiger partial charge in [-0.1, -0.05) is 12.1 Å². The van der Waals surface area contributed by atoms with Crippen LogP contribution in [-0.2, 0) is 0 Å². The Morgan fingerprint density at radius 1 is 1.63 bits per heavy atom. The lowest BCUT2D eigenvalue weighted by Gasteiger charge is -2.25. The number of nitrogens with zero attached hydrogens (tertiary/aromatic N) is 2. The second kappa shape index (κ2) is 5.65. The third-order valence-corrected chi connectivity index (χ3v) is 3.09. The van der Waals surface area contributed by atoms with Gasteiger partial charge in [0.25, 0.3) is 0 Å². The zero-order valence-corrected chi connectivity index (χ0v) is 11.0. The quantitative estimate of drug-likeness (QED) is 0.791. The first-order chi connectivity index (χ1) is 9.17. The average molecular weight is 261 g/mol. The summed E-state index contributed by atoms with van der Waals surface area (Å²) < 4.78 is 5.40. The molecule has 2 rings (SSSR count). The van der Waals surface area contributed by atoms with Crippen molar-refractivity contribution in [2.75, 3.05) is 19.7 Å². The monoisotopic (exact) mass is 261 g/mol. The number of aliphatic imine (C=N–C) groups is 1. The van der Waals surface area contributed by atoms with Crippen LogP contribution in [-0.4, -0.2) is 35.7 Å². The molecule has 0 saturated carbocycles. The fraction of sp³-hybridized carbons (Fsp3) is 0.357. The molecular weight excluding hydrogens is 242 g/mol. The van der Waals surface area contributed by atoms with Crippen molar-refractivity contribution in [3.8, 4) is 11.5 Å². The molecule has 1 aliphatic rings. The van der Waals surface area contributed by atoms with Gasteiger partial charge in [-0.2, -0.15) is 0 Å². The molecule has 0 bridgehead atoms. The van der Waals surface area contributed by atoms with Gasteiger partial charge in [-0.05, 0) is 24.6 Å². The smallest absolute Gasteiger partial charge is 0.192 e. The molecule has 0 spiro atoms. The zero-order chi connectivity index (χ0) is 13.8. The van der Waals surface area contributed by atoms with E-state index in [-0.39, 0.29) is 11.8 Å². The van der Waals surface area contributed by atoms with E-state index in [1.807, 2.05) is 24.0 Å². The predicted molar refractivity (Wildman–Crippen MR) is 75.4 cm³/mol. The van der Waals surface area contributed by atoms with E-state index in [9.17, 15) is 5.11 Å². The molecule has 1 aromatic rings. The zero-order valence-electron chi connectivity index (χ0n) is 11.0. The van der Waals surface area contributed by atoms with Gasteiger partial charge >= 0.3 is 0 Å². The highest BCUT2D eigenvalue weighted by molar-refractivity contribution is 5.80. The van der Waals surface area contributed by atoms with Crippen LogP contribution in [0.5, 0.6) is 11.5 Å². The van der Waals surface area contributed by atoms with E-state index < -0.39 is 0 Å². The Labute approximate surface area is 113 Å². The summed E-state index contributed by atoms with van der Waals surface area (Å²) in [7, 11) is 0. The number of hydrogen-bond donors (Lipinski definition) is 2. The van der Waals surface area contributed by atoms with E-state index in [0.29, 0.717) is 31.4 Å². The lowest BCUT2D eigenvalue weighted by atomic mass is 10.1. The Morgan fingerprint density at radius 3 is 3.11 bits per heavy atom. The van der Waals surface area contributed by atoms with Crippen molar-refractivity contribution >= 4 is 5.96 Å². The lowest BCUT2D eigenvalue weighted by molar-refractivity contribution is 0.315. The van der Waals surface area contributed by atoms with Gasteiger partial charge in [0.2, 0.25) is 0 Å². The van der Waals surface area contributed by atoms with Crippen LogP contribution in [0.15, 0.2) is 35.8 Å². The molecule has 1 heterocycles. The van der Waals surface area contributed by atoms with Crippen molar-refractivity contribution in [1.82, 2.24) is 4.90 Å². The minimum atomic E-state index is 0.0674. The first-order valence-corrected chi connectivity index (χ1v) is 6.30. The maximum absolute atomic E-state index is 9.72. The SMILES string of the molecule is C=CCN1C(N)=NCC1c1ccc(O)c(OCC)c1. The van der Waals surface area contributed by atoms with Crippen molar-refractivity contribution in [1.29, 1.82) is 0 Å². The summed E-state index contributed by atoms with van der Waals surface area (Å²) in [6, 6.07) is 5.42. The van der Waals surface area contributed by atoms with Crippen LogP contribution in [0.1, 0.15) is 18.5 Å². The molecule has 0 aromatic heterocycles. The molecule has 1 aromatic carbocycles. The molecule has 0 amide bonds. The number of aromatic hydroxyl groups is 1. The predicted octanol–water partition coefficient (Wildman–Crippen LogP) is 1.65. The van der Waals surface area contributed by atoms with E-state index >= 15 is 0 Å². The summed E-state index contributed by atoms with van der Waals surface area (Å²) in [4.78, 5) is 6.24. The summed E-state index contributed by atoms with van der Waals surface area (Å²) in [5.41, 5.74) is 6.89. The number of guanidine groups is 1. The van der Waals surface area contributed by atoms with Crippen LogP contribution >= 0.6 is 0 Å². The summed E-state index contributed by atoms with van der Waals surface area (Å²) in [5.74, 6) is 1.16. The molecule has 5 nitrogen and oxygen atoms in total. The topological polar surface area (TPSA) is 71.1 Å². The highest BCUT2D eigenvalue weighted by Gasteiger charge is 2.27. The van der Waals surface area contributed by atoms with Gasteiger partial charge in [-0.3, -0.25) is 4.99 Å². The molecule has 0 aliphatic carbocycles. The Morgan fingerprint density at radius 2 is 2.42 bits per heavy atom. The molecule has 0 fully saturated rings. The van der Waals surface area contributed by atoms with Crippen LogP contribution in [0.2, 0.25) is 0 Å². The first kappa shape index (κ1) is 13.3. The third kappa shape index (κ3) is 2.65. The summed E-state index contributed by atoms with van der Waals surface area (Å²) >= 11 is 0. The molecule has 0 saturated heterocycles. The van der Waals surface area contributed by atoms with Crippen LogP contribution in [0, 0.1) is 0 Å². The molecular formula is C14H19N3O2. The maximum Gasteiger partial charge on any atom is 0.192 e. The van der Waals surface area contributed by atoms with Gasteiger partial charge in [0.05, 0.1) is 19.2 Å². The number of hydrogen-bond acceptors (Lipinski definition) is 5. The first-order valence-electron chi connectivity index (χ1n) is 6.30. The van der Waals surface area contributed by atoms with Crippen LogP contribution < -0.4 is 10.5 Å². The van der Waals surface area contributed by atoms with Crippen molar-refractivity contribution in [2.45, 2.75) is 13.0 Å². The van der Waals surface area contributed by atoms with Crippen LogP contribution in [0.25, 0.3) is 0 Å². The van der Waals surface area contributed by atoms with Crippen LogP contribution in [0.3, 0.4) is 0 Å². The number of ether oxygens (including phenoxy) is 1. The summed E-state index contributed by atoms with van der Waals surface area (Å²) in [5, 5.41) is 9.72. The molecule has 3 N–H and O–H groups in total. The number of phenolic OH excluding ortho intramolecular Hbond substituents is 1. The Bertz CT molecular complexity index is 499. The Balaban J connectivity index is 2.26. The second-order valence-corrected chi connectivity index (χ2v) is 4.32. The largest absolute Gasteiger partial charge is 0.504 e. The third-order valence-electron chi connectivity index (χ3n) is 3.09. The van der Waals surface area contributed by atoms with Crippen molar-refractivity contribution in [3.05, 3.63) is 36.4 Å². The summed E-state index contributed by atoms with van der Waals surface area (Å²) in [6.07, 6.45) is 1.80. The van der Waals surface area contributed by atoms with Gasteiger partial charge < -0.3 is 20.5 Å². The van der Waals surface area contributed by atoms with Gasteiger partial charge in [0.15, 0.2) is 17.5 Å². The van der Waals surface area contributed by atoms with E-state index in [1.54, 1.807) is 12.1 Å². The molecule has 1 atom stereocenters. The lowest BCUT2D eigenvalue weighted by Crippen LogP contribution is -2.36. The molecule has 1 unspecified atom stereocenters. The minimum absolute atomic E-state index is 0.0674. The number of nitrogens with two attached hydrogens (primary N) is 1. The van der Waals surface area contributed by atoms with Gasteiger partial charge in [0, 0.05) is 6.54 Å². The Kier molecular flexibility index (Phi) is 3.94. The molecule has 1 aliphatic heterocycles. The maximum atomic E-state index is 9.72. The highest BCUT2D eigenvalue weighted by Crippen LogP contribution is 2.33. The minimum Gasteiger partial charge on any atom is -0.504 e. The number of benzene rings is 1. The fourth-order valence-corrected chi connectivity index (χ4v) is 2.18. The normalized spacial score (nSPS) is 18.3. The fourth-order valence-electron chi connectivity index (χ4n) is 2.18. The molecule has 102 valence electrons. The van der Waals surface area contributed by atoms with Crippen LogP contribution in [0.4, 0.5) is 0 Å². The Hall–Kier alpha value is -2.17. The highest BCUT2D eigenvalue weighted by atomic mass is 16.5. The van der Waals surface area contributed by atoms with E-state index in [0.717, 1.165) is 5.56 Å². The van der Waals surface area contributed by atoms with E-state index in [1.165, 1.54) is 0 Å². The van der Waals surface area contributed by atoms with Crippen molar-refractivity contribution < 1.29 is 9.84 Å². The van der Waals surface area contributed by atoms with Gasteiger partial charge in [-0.15, -0.1) is 6.58 Å². The molecule has 0 radical (unpaired) electrons. The second-order valence-electron chi connectivity index (χ2n) is 4.32. The van der Waals surface area contributed by atoms with Crippen molar-refractivity contribution in [3.63, 3.8) is 0 Å². The number of phenols is 1. The summed E-state index contributed by atoms with van der Waals surface area (Å²) in [6.45, 7) is 7.37. The van der Waals surface area contributed by atoms with E-state index in [4.69, 9.17) is 10.5 Å². The molecule has 5 heteroatoms. The van der Waals surface area contributed by atoms with Gasteiger partial charge in [0.1, 0.15) is 0 Å². The van der Waals surface area contributed by atoms with Crippen molar-refractivity contribution in [2.24, 2.45) is 10.7 Å². The number of rotatable bonds is 5. The molecule has 19 heavy (non-hydrogen) atoms. The average Bonchev–Trinajstić information content (AvgIpc) is 2.75. The standard InChI is InChI=1S/C14H19N3O2/c1-3-7-17-11(9-16-14(17)15)10-5-6-12(18)13(8-10)19-4-2/h3,5-6,8,11,18H,1,4,7,9H2,2H3,(H2,15,16).